The molecule has 2 heterocycles. The van der Waals surface area contributed by atoms with Gasteiger partial charge in [-0.3, -0.25) is 4.79 Å². The van der Waals surface area contributed by atoms with Crippen molar-refractivity contribution < 1.29 is 18.0 Å². The van der Waals surface area contributed by atoms with E-state index in [4.69, 9.17) is 0 Å². The summed E-state index contributed by atoms with van der Waals surface area (Å²) in [4.78, 5) is 24.2. The summed E-state index contributed by atoms with van der Waals surface area (Å²) in [5.41, 5.74) is -0.413. The second-order valence-electron chi connectivity index (χ2n) is 4.76. The lowest BCUT2D eigenvalue weighted by atomic mass is 10.2. The van der Waals surface area contributed by atoms with E-state index < -0.39 is 17.6 Å². The number of hydrogen-bond donors (Lipinski definition) is 2. The largest absolute Gasteiger partial charge is 0.416 e. The quantitative estimate of drug-likeness (QED) is 0.732. The Labute approximate surface area is 143 Å². The maximum absolute atomic E-state index is 12.5. The number of aromatic nitrogens is 3. The van der Waals surface area contributed by atoms with E-state index in [9.17, 15) is 18.0 Å². The summed E-state index contributed by atoms with van der Waals surface area (Å²) < 4.78 is 37.5. The number of rotatable bonds is 4. The molecular weight excluding hydrogens is 355 g/mol. The van der Waals surface area contributed by atoms with Crippen LogP contribution in [0.15, 0.2) is 48.1 Å². The molecule has 2 aromatic heterocycles. The van der Waals surface area contributed by atoms with E-state index >= 15 is 0 Å². The summed E-state index contributed by atoms with van der Waals surface area (Å²) in [6, 6.07) is 5.83. The van der Waals surface area contributed by atoms with Gasteiger partial charge >= 0.3 is 6.18 Å². The van der Waals surface area contributed by atoms with Crippen LogP contribution in [0, 0.1) is 0 Å². The van der Waals surface area contributed by atoms with E-state index in [1.54, 1.807) is 18.5 Å². The van der Waals surface area contributed by atoms with E-state index in [0.717, 1.165) is 12.1 Å². The number of hydrogen-bond acceptors (Lipinski definition) is 6. The number of halogens is 3. The number of benzene rings is 1. The van der Waals surface area contributed by atoms with Gasteiger partial charge < -0.3 is 10.6 Å². The van der Waals surface area contributed by atoms with Gasteiger partial charge in [-0.1, -0.05) is 0 Å². The number of nitrogens with zero attached hydrogens (tertiary/aromatic N) is 3. The van der Waals surface area contributed by atoms with E-state index in [2.05, 4.69) is 25.6 Å². The van der Waals surface area contributed by atoms with Crippen molar-refractivity contribution in [2.24, 2.45) is 0 Å². The maximum atomic E-state index is 12.5. The second kappa shape index (κ2) is 6.85. The van der Waals surface area contributed by atoms with Crippen molar-refractivity contribution in [1.29, 1.82) is 0 Å². The molecule has 25 heavy (non-hydrogen) atoms. The van der Waals surface area contributed by atoms with Crippen LogP contribution in [0.2, 0.25) is 0 Å². The number of anilines is 3. The van der Waals surface area contributed by atoms with Crippen LogP contribution in [0.4, 0.5) is 29.9 Å². The zero-order valence-corrected chi connectivity index (χ0v) is 13.2. The molecule has 128 valence electrons. The first kappa shape index (κ1) is 16.8. The highest BCUT2D eigenvalue weighted by Gasteiger charge is 2.30. The zero-order chi connectivity index (χ0) is 17.9. The van der Waals surface area contributed by atoms with Crippen LogP contribution < -0.4 is 10.6 Å². The van der Waals surface area contributed by atoms with Gasteiger partial charge in [-0.15, -0.1) is 11.3 Å². The first-order chi connectivity index (χ1) is 11.9. The van der Waals surface area contributed by atoms with Gasteiger partial charge in [0.05, 0.1) is 5.56 Å². The fourth-order valence-electron chi connectivity index (χ4n) is 1.83. The molecule has 0 aliphatic rings. The highest BCUT2D eigenvalue weighted by molar-refractivity contribution is 7.14. The third-order valence-electron chi connectivity index (χ3n) is 2.99. The number of alkyl halides is 3. The predicted molar refractivity (Wildman–Crippen MR) is 86.8 cm³/mol. The van der Waals surface area contributed by atoms with Crippen LogP contribution in [0.5, 0.6) is 0 Å². The standard InChI is InChI=1S/C15H10F3N5OS/c16-15(17,18)9-2-4-10(5-3-9)21-12(24)11-8-25-14(22-11)23-13-19-6-1-7-20-13/h1-8H,(H,21,24)(H,19,20,22,23). The van der Waals surface area contributed by atoms with Gasteiger partial charge in [0.2, 0.25) is 5.95 Å². The van der Waals surface area contributed by atoms with Gasteiger partial charge in [0.15, 0.2) is 5.13 Å². The van der Waals surface area contributed by atoms with E-state index in [-0.39, 0.29) is 11.4 Å². The van der Waals surface area contributed by atoms with Crippen molar-refractivity contribution in [3.63, 3.8) is 0 Å². The molecule has 1 aromatic carbocycles. The Balaban J connectivity index is 1.66. The van der Waals surface area contributed by atoms with Crippen molar-refractivity contribution in [2.75, 3.05) is 10.6 Å². The minimum absolute atomic E-state index is 0.128. The average molecular weight is 365 g/mol. The van der Waals surface area contributed by atoms with Gasteiger partial charge in [-0.25, -0.2) is 15.0 Å². The molecule has 0 fully saturated rings. The summed E-state index contributed by atoms with van der Waals surface area (Å²) in [5, 5.41) is 7.28. The SMILES string of the molecule is O=C(Nc1ccc(C(F)(F)F)cc1)c1csc(Nc2ncccn2)n1. The molecular formula is C15H10F3N5OS. The smallest absolute Gasteiger partial charge is 0.321 e. The van der Waals surface area contributed by atoms with Crippen molar-refractivity contribution in [3.8, 4) is 0 Å². The van der Waals surface area contributed by atoms with Gasteiger partial charge in [-0.2, -0.15) is 13.2 Å². The van der Waals surface area contributed by atoms with E-state index in [1.807, 2.05) is 0 Å². The van der Waals surface area contributed by atoms with Crippen LogP contribution in [0.3, 0.4) is 0 Å². The summed E-state index contributed by atoms with van der Waals surface area (Å²) >= 11 is 1.18. The molecule has 0 atom stereocenters. The third-order valence-corrected chi connectivity index (χ3v) is 3.75. The molecule has 0 spiro atoms. The molecule has 3 aromatic rings. The maximum Gasteiger partial charge on any atom is 0.416 e. The molecule has 0 saturated carbocycles. The van der Waals surface area contributed by atoms with Crippen LogP contribution in [-0.2, 0) is 6.18 Å². The number of carbonyl (C=O) groups excluding carboxylic acids is 1. The topological polar surface area (TPSA) is 79.8 Å². The van der Waals surface area contributed by atoms with Crippen molar-refractivity contribution in [3.05, 3.63) is 59.4 Å². The molecule has 0 unspecified atom stereocenters. The first-order valence-corrected chi connectivity index (χ1v) is 7.78. The number of thiazole rings is 1. The Kier molecular flexibility index (Phi) is 4.61. The average Bonchev–Trinajstić information content (AvgIpc) is 3.04. The number of nitrogens with one attached hydrogen (secondary N) is 2. The van der Waals surface area contributed by atoms with Gasteiger partial charge in [0.1, 0.15) is 5.69 Å². The Morgan fingerprint density at radius 3 is 2.40 bits per heavy atom. The molecule has 0 bridgehead atoms. The Morgan fingerprint density at radius 2 is 1.76 bits per heavy atom. The lowest BCUT2D eigenvalue weighted by Gasteiger charge is -2.08. The molecule has 2 N–H and O–H groups in total. The van der Waals surface area contributed by atoms with E-state index in [0.29, 0.717) is 11.1 Å². The molecule has 0 saturated heterocycles. The molecule has 0 aliphatic heterocycles. The highest BCUT2D eigenvalue weighted by atomic mass is 32.1. The van der Waals surface area contributed by atoms with Crippen molar-refractivity contribution in [1.82, 2.24) is 15.0 Å². The summed E-state index contributed by atoms with van der Waals surface area (Å²) in [6.45, 7) is 0. The van der Waals surface area contributed by atoms with Crippen LogP contribution in [-0.4, -0.2) is 20.9 Å². The van der Waals surface area contributed by atoms with Crippen LogP contribution in [0.1, 0.15) is 16.1 Å². The fraction of sp³-hybridized carbons (Fsp3) is 0.0667. The summed E-state index contributed by atoms with van der Waals surface area (Å²) in [6.07, 6.45) is -1.31. The third kappa shape index (κ3) is 4.29. The molecule has 6 nitrogen and oxygen atoms in total. The lowest BCUT2D eigenvalue weighted by molar-refractivity contribution is -0.137. The first-order valence-electron chi connectivity index (χ1n) is 6.90. The number of carbonyl (C=O) groups is 1. The van der Waals surface area contributed by atoms with Gasteiger partial charge in [-0.05, 0) is 30.3 Å². The minimum atomic E-state index is -4.42. The zero-order valence-electron chi connectivity index (χ0n) is 12.4. The monoisotopic (exact) mass is 365 g/mol. The molecule has 1 amide bonds. The fourth-order valence-corrected chi connectivity index (χ4v) is 2.52. The molecule has 10 heteroatoms. The summed E-state index contributed by atoms with van der Waals surface area (Å²) in [5.74, 6) is -0.190. The molecule has 0 aliphatic carbocycles. The van der Waals surface area contributed by atoms with Gasteiger partial charge in [0.25, 0.3) is 5.91 Å². The normalized spacial score (nSPS) is 11.2. The predicted octanol–water partition coefficient (Wildman–Crippen LogP) is 3.95. The molecule has 3 rings (SSSR count). The van der Waals surface area contributed by atoms with Crippen LogP contribution in [0.25, 0.3) is 0 Å². The Morgan fingerprint density at radius 1 is 1.08 bits per heavy atom. The van der Waals surface area contributed by atoms with Gasteiger partial charge in [0, 0.05) is 23.5 Å². The highest BCUT2D eigenvalue weighted by Crippen LogP contribution is 2.30. The number of amides is 1. The van der Waals surface area contributed by atoms with Crippen LogP contribution >= 0.6 is 11.3 Å². The Hall–Kier alpha value is -3.01. The van der Waals surface area contributed by atoms with Crippen molar-refractivity contribution in [2.45, 2.75) is 6.18 Å². The Bertz CT molecular complexity index is 865. The minimum Gasteiger partial charge on any atom is -0.321 e. The molecule has 0 radical (unpaired) electrons. The van der Waals surface area contributed by atoms with Crippen molar-refractivity contribution >= 4 is 34.0 Å². The lowest BCUT2D eigenvalue weighted by Crippen LogP contribution is -2.13. The summed E-state index contributed by atoms with van der Waals surface area (Å²) in [7, 11) is 0. The van der Waals surface area contributed by atoms with E-state index in [1.165, 1.54) is 28.8 Å². The second-order valence-corrected chi connectivity index (χ2v) is 5.62.